The van der Waals surface area contributed by atoms with Crippen molar-refractivity contribution in [1.29, 1.82) is 0 Å². The van der Waals surface area contributed by atoms with Crippen LogP contribution in [0.25, 0.3) is 0 Å². The summed E-state index contributed by atoms with van der Waals surface area (Å²) >= 11 is 0. The van der Waals surface area contributed by atoms with Gasteiger partial charge >= 0.3 is 0 Å². The Morgan fingerprint density at radius 3 is 2.91 bits per heavy atom. The lowest BCUT2D eigenvalue weighted by atomic mass is 9.82. The molecule has 1 fully saturated rings. The molecule has 1 saturated heterocycles. The van der Waals surface area contributed by atoms with Gasteiger partial charge in [-0.2, -0.15) is 0 Å². The number of ketones is 1. The topological polar surface area (TPSA) is 38.8 Å². The van der Waals surface area contributed by atoms with E-state index in [-0.39, 0.29) is 5.92 Å². The van der Waals surface area contributed by atoms with E-state index in [1.807, 2.05) is 18.2 Å². The minimum atomic E-state index is 0.132. The Kier molecular flexibility index (Phi) is 5.11. The van der Waals surface area contributed by atoms with Crippen molar-refractivity contribution in [3.8, 4) is 5.75 Å². The second-order valence-corrected chi connectivity index (χ2v) is 6.18. The van der Waals surface area contributed by atoms with Gasteiger partial charge in [-0.1, -0.05) is 6.92 Å². The highest BCUT2D eigenvalue weighted by molar-refractivity contribution is 6.00. The summed E-state index contributed by atoms with van der Waals surface area (Å²) in [5.74, 6) is 1.32. The first-order valence-electron chi connectivity index (χ1n) is 8.38. The number of benzene rings is 1. The molecule has 0 radical (unpaired) electrons. The third kappa shape index (κ3) is 3.50. The maximum Gasteiger partial charge on any atom is 0.167 e. The lowest BCUT2D eigenvalue weighted by Gasteiger charge is -2.32. The molecule has 4 heteroatoms. The summed E-state index contributed by atoms with van der Waals surface area (Å²) in [6.45, 7) is 7.16. The van der Waals surface area contributed by atoms with Crippen LogP contribution in [0.1, 0.15) is 35.7 Å². The largest absolute Gasteiger partial charge is 0.494 e. The molecule has 0 N–H and O–H groups in total. The number of aryl methyl sites for hydroxylation is 1. The fraction of sp³-hybridized carbons (Fsp3) is 0.611. The van der Waals surface area contributed by atoms with Gasteiger partial charge in [-0.15, -0.1) is 0 Å². The zero-order valence-electron chi connectivity index (χ0n) is 13.3. The van der Waals surface area contributed by atoms with Crippen molar-refractivity contribution in [2.45, 2.75) is 26.2 Å². The van der Waals surface area contributed by atoms with Gasteiger partial charge in [-0.25, -0.2) is 0 Å². The van der Waals surface area contributed by atoms with Crippen molar-refractivity contribution < 1.29 is 14.3 Å². The highest BCUT2D eigenvalue weighted by Crippen LogP contribution is 2.29. The molecule has 1 atom stereocenters. The summed E-state index contributed by atoms with van der Waals surface area (Å²) in [5, 5.41) is 0. The summed E-state index contributed by atoms with van der Waals surface area (Å²) in [6.07, 6.45) is 2.91. The lowest BCUT2D eigenvalue weighted by molar-refractivity contribution is 0.0291. The lowest BCUT2D eigenvalue weighted by Crippen LogP contribution is -2.42. The third-order valence-electron chi connectivity index (χ3n) is 4.53. The molecule has 0 bridgehead atoms. The van der Waals surface area contributed by atoms with E-state index in [1.54, 1.807) is 0 Å². The van der Waals surface area contributed by atoms with E-state index in [2.05, 4.69) is 11.8 Å². The van der Waals surface area contributed by atoms with Crippen LogP contribution < -0.4 is 4.74 Å². The molecule has 1 aliphatic heterocycles. The molecule has 22 heavy (non-hydrogen) atoms. The van der Waals surface area contributed by atoms with Crippen LogP contribution in [0.4, 0.5) is 0 Å². The normalized spacial score (nSPS) is 22.4. The molecule has 1 aromatic carbocycles. The number of ether oxygens (including phenoxy) is 2. The molecule has 1 aromatic rings. The zero-order chi connectivity index (χ0) is 15.4. The van der Waals surface area contributed by atoms with Crippen LogP contribution in [0, 0.1) is 5.92 Å². The predicted molar refractivity (Wildman–Crippen MR) is 85.6 cm³/mol. The van der Waals surface area contributed by atoms with E-state index in [9.17, 15) is 4.79 Å². The predicted octanol–water partition coefficient (Wildman–Crippen LogP) is 2.55. The first kappa shape index (κ1) is 15.5. The Morgan fingerprint density at radius 1 is 1.32 bits per heavy atom. The number of hydrogen-bond acceptors (Lipinski definition) is 4. The van der Waals surface area contributed by atoms with E-state index >= 15 is 0 Å². The van der Waals surface area contributed by atoms with Crippen LogP contribution in [0.2, 0.25) is 0 Å². The number of hydrogen-bond donors (Lipinski definition) is 0. The van der Waals surface area contributed by atoms with E-state index < -0.39 is 0 Å². The van der Waals surface area contributed by atoms with Gasteiger partial charge in [-0.05, 0) is 43.0 Å². The van der Waals surface area contributed by atoms with Crippen molar-refractivity contribution in [3.63, 3.8) is 0 Å². The summed E-state index contributed by atoms with van der Waals surface area (Å²) in [4.78, 5) is 15.1. The van der Waals surface area contributed by atoms with E-state index in [0.29, 0.717) is 5.78 Å². The SMILES string of the molecule is CCCOc1ccc2c(c1)CCC(CN1CCOCC1)C2=O. The minimum absolute atomic E-state index is 0.132. The maximum absolute atomic E-state index is 12.7. The van der Waals surface area contributed by atoms with Crippen molar-refractivity contribution in [3.05, 3.63) is 29.3 Å². The van der Waals surface area contributed by atoms with Gasteiger partial charge in [0.2, 0.25) is 0 Å². The maximum atomic E-state index is 12.7. The third-order valence-corrected chi connectivity index (χ3v) is 4.53. The molecule has 1 heterocycles. The number of rotatable bonds is 5. The molecule has 0 spiro atoms. The molecule has 120 valence electrons. The molecule has 4 nitrogen and oxygen atoms in total. The number of carbonyl (C=O) groups excluding carboxylic acids is 1. The van der Waals surface area contributed by atoms with Crippen molar-refractivity contribution in [2.75, 3.05) is 39.5 Å². The second kappa shape index (κ2) is 7.25. The Balaban J connectivity index is 1.66. The van der Waals surface area contributed by atoms with Gasteiger partial charge in [0.25, 0.3) is 0 Å². The van der Waals surface area contributed by atoms with Gasteiger partial charge in [-0.3, -0.25) is 9.69 Å². The zero-order valence-corrected chi connectivity index (χ0v) is 13.3. The number of morpholine rings is 1. The molecule has 0 saturated carbocycles. The summed E-state index contributed by atoms with van der Waals surface area (Å²) < 4.78 is 11.0. The van der Waals surface area contributed by atoms with Crippen LogP contribution in [0.5, 0.6) is 5.75 Å². The minimum Gasteiger partial charge on any atom is -0.494 e. The van der Waals surface area contributed by atoms with E-state index in [1.165, 1.54) is 0 Å². The van der Waals surface area contributed by atoms with Crippen molar-refractivity contribution in [2.24, 2.45) is 5.92 Å². The molecule has 0 aromatic heterocycles. The van der Waals surface area contributed by atoms with Crippen LogP contribution >= 0.6 is 0 Å². The van der Waals surface area contributed by atoms with Gasteiger partial charge in [0, 0.05) is 31.1 Å². The van der Waals surface area contributed by atoms with E-state index in [0.717, 1.165) is 75.6 Å². The standard InChI is InChI=1S/C18H25NO3/c1-2-9-22-16-5-6-17-14(12-16)3-4-15(18(17)20)13-19-7-10-21-11-8-19/h5-6,12,15H,2-4,7-11,13H2,1H3. The van der Waals surface area contributed by atoms with Crippen LogP contribution in [0.3, 0.4) is 0 Å². The highest BCUT2D eigenvalue weighted by atomic mass is 16.5. The molecular weight excluding hydrogens is 278 g/mol. The van der Waals surface area contributed by atoms with Crippen LogP contribution in [-0.2, 0) is 11.2 Å². The van der Waals surface area contributed by atoms with Crippen molar-refractivity contribution in [1.82, 2.24) is 4.90 Å². The van der Waals surface area contributed by atoms with Crippen molar-refractivity contribution >= 4 is 5.78 Å². The number of carbonyl (C=O) groups is 1. The quantitative estimate of drug-likeness (QED) is 0.838. The molecule has 3 rings (SSSR count). The fourth-order valence-electron chi connectivity index (χ4n) is 3.28. The van der Waals surface area contributed by atoms with Gasteiger partial charge in [0.05, 0.1) is 19.8 Å². The fourth-order valence-corrected chi connectivity index (χ4v) is 3.28. The molecular formula is C18H25NO3. The highest BCUT2D eigenvalue weighted by Gasteiger charge is 2.29. The Bertz CT molecular complexity index is 523. The monoisotopic (exact) mass is 303 g/mol. The molecule has 0 amide bonds. The van der Waals surface area contributed by atoms with Crippen LogP contribution in [0.15, 0.2) is 18.2 Å². The Labute approximate surface area is 132 Å². The summed E-state index contributed by atoms with van der Waals surface area (Å²) in [5.41, 5.74) is 2.05. The van der Waals surface area contributed by atoms with Gasteiger partial charge in [0.1, 0.15) is 5.75 Å². The molecule has 2 aliphatic rings. The summed E-state index contributed by atoms with van der Waals surface area (Å²) in [6, 6.07) is 5.94. The number of Topliss-reactive ketones (excluding diaryl/α,β-unsaturated/α-hetero) is 1. The number of fused-ring (bicyclic) bond motifs is 1. The molecule has 1 aliphatic carbocycles. The smallest absolute Gasteiger partial charge is 0.167 e. The Hall–Kier alpha value is -1.39. The van der Waals surface area contributed by atoms with Gasteiger partial charge in [0.15, 0.2) is 5.78 Å². The first-order valence-corrected chi connectivity index (χ1v) is 8.38. The van der Waals surface area contributed by atoms with E-state index in [4.69, 9.17) is 9.47 Å². The average Bonchev–Trinajstić information content (AvgIpc) is 2.56. The van der Waals surface area contributed by atoms with Gasteiger partial charge < -0.3 is 9.47 Å². The summed E-state index contributed by atoms with van der Waals surface area (Å²) in [7, 11) is 0. The second-order valence-electron chi connectivity index (χ2n) is 6.18. The Morgan fingerprint density at radius 2 is 2.14 bits per heavy atom. The average molecular weight is 303 g/mol. The van der Waals surface area contributed by atoms with Crippen LogP contribution in [-0.4, -0.2) is 50.1 Å². The number of nitrogens with zero attached hydrogens (tertiary/aromatic N) is 1. The first-order chi connectivity index (χ1) is 10.8. The molecule has 1 unspecified atom stereocenters.